The Morgan fingerprint density at radius 2 is 1.83 bits per heavy atom. The SMILES string of the molecule is CCCOC(=O)[C@H](C)NP(=O)(Oc1ccccc1)[C@@H](F)c1ccc2sc(C(=O)N[C@H]3CCC[C@H]4CC[C@@H](C(=O)N5CC(c6cncnc6N6CCC6)C5)N4C3=O)cc2c1. The van der Waals surface area contributed by atoms with Crippen LogP contribution in [0.5, 0.6) is 5.75 Å². The third-order valence-corrected chi connectivity index (χ3v) is 14.9. The van der Waals surface area contributed by atoms with E-state index in [0.717, 1.165) is 50.2 Å². The lowest BCUT2D eigenvalue weighted by Gasteiger charge is -2.44. The second kappa shape index (κ2) is 17.4. The molecule has 0 aliphatic carbocycles. The van der Waals surface area contributed by atoms with Gasteiger partial charge in [0.15, 0.2) is 0 Å². The number of ether oxygens (including phenoxy) is 1. The average molecular weight is 846 g/mol. The number of alkyl halides is 1. The van der Waals surface area contributed by atoms with E-state index in [1.807, 2.05) is 18.0 Å². The van der Waals surface area contributed by atoms with Crippen molar-refractivity contribution in [3.05, 3.63) is 83.1 Å². The largest absolute Gasteiger partial charge is 0.465 e. The van der Waals surface area contributed by atoms with E-state index >= 15 is 4.39 Å². The van der Waals surface area contributed by atoms with Gasteiger partial charge in [-0.25, -0.2) is 19.4 Å². The van der Waals surface area contributed by atoms with E-state index in [4.69, 9.17) is 9.26 Å². The molecule has 0 spiro atoms. The standard InChI is InChI=1S/C42H49FN7O7PS/c1-3-19-56-42(54)26(2)47-58(55,57-31-10-5-4-6-11-31)37(43)27-13-16-35-28(20-27)21-36(59-35)39(51)46-33-12-7-9-30-14-15-34(50(30)40(33)52)41(53)49-23-29(24-49)32-22-44-25-45-38(32)48-17-8-18-48/h4-6,10-11,13,16,20-22,25-26,29-30,33-34,37H,3,7-9,12,14-15,17-19,23-24H2,1-2H3,(H,46,51)(H,47,55)/t26-,30-,33-,34-,37+,58?/m0/s1. The fourth-order valence-electron chi connectivity index (χ4n) is 8.39. The first-order valence-corrected chi connectivity index (χ1v) is 23.0. The van der Waals surface area contributed by atoms with Gasteiger partial charge in [0.1, 0.15) is 36.0 Å². The molecule has 1 unspecified atom stereocenters. The van der Waals surface area contributed by atoms with Crippen LogP contribution in [-0.4, -0.2) is 100 Å². The van der Waals surface area contributed by atoms with E-state index in [9.17, 15) is 23.7 Å². The van der Waals surface area contributed by atoms with Crippen LogP contribution < -0.4 is 19.8 Å². The molecule has 0 radical (unpaired) electrons. The van der Waals surface area contributed by atoms with Crippen molar-refractivity contribution in [2.75, 3.05) is 37.7 Å². The van der Waals surface area contributed by atoms with Crippen LogP contribution in [0.2, 0.25) is 0 Å². The zero-order chi connectivity index (χ0) is 41.3. The molecule has 0 bridgehead atoms. The van der Waals surface area contributed by atoms with Gasteiger partial charge in [0.25, 0.3) is 5.91 Å². The third kappa shape index (κ3) is 8.44. The van der Waals surface area contributed by atoms with Crippen LogP contribution in [0, 0.1) is 0 Å². The number of esters is 1. The van der Waals surface area contributed by atoms with Gasteiger partial charge in [-0.3, -0.25) is 23.7 Å². The molecule has 2 aromatic heterocycles. The molecule has 3 amide bonds. The minimum atomic E-state index is -4.44. The van der Waals surface area contributed by atoms with E-state index in [2.05, 4.69) is 25.3 Å². The predicted molar refractivity (Wildman–Crippen MR) is 221 cm³/mol. The number of likely N-dealkylation sites (tertiary alicyclic amines) is 1. The molecule has 4 aliphatic rings. The molecule has 6 atom stereocenters. The Bertz CT molecular complexity index is 2250. The molecule has 8 rings (SSSR count). The molecule has 59 heavy (non-hydrogen) atoms. The maximum atomic E-state index is 16.5. The molecule has 4 saturated heterocycles. The Morgan fingerprint density at radius 3 is 2.58 bits per heavy atom. The summed E-state index contributed by atoms with van der Waals surface area (Å²) in [6, 6.07) is 11.8. The van der Waals surface area contributed by atoms with E-state index < -0.39 is 43.4 Å². The first-order chi connectivity index (χ1) is 28.5. The summed E-state index contributed by atoms with van der Waals surface area (Å²) >= 11 is 1.19. The smallest absolute Gasteiger partial charge is 0.355 e. The summed E-state index contributed by atoms with van der Waals surface area (Å²) in [5.74, 6) is -2.38. The van der Waals surface area contributed by atoms with Gasteiger partial charge in [0.2, 0.25) is 17.7 Å². The molecule has 2 aromatic carbocycles. The van der Waals surface area contributed by atoms with Crippen molar-refractivity contribution in [2.45, 2.75) is 94.8 Å². The molecule has 0 saturated carbocycles. The van der Waals surface area contributed by atoms with Crippen LogP contribution in [0.1, 0.15) is 91.4 Å². The van der Waals surface area contributed by atoms with Gasteiger partial charge < -0.3 is 29.3 Å². The second-order valence-corrected chi connectivity index (χ2v) is 19.0. The zero-order valence-corrected chi connectivity index (χ0v) is 34.8. The van der Waals surface area contributed by atoms with Crippen molar-refractivity contribution in [3.63, 3.8) is 0 Å². The highest BCUT2D eigenvalue weighted by molar-refractivity contribution is 7.57. The number of halogens is 1. The number of carbonyl (C=O) groups is 4. The van der Waals surface area contributed by atoms with E-state index in [-0.39, 0.29) is 41.7 Å². The quantitative estimate of drug-likeness (QED) is 0.108. The number of carbonyl (C=O) groups excluding carboxylic acids is 4. The van der Waals surface area contributed by atoms with Crippen molar-refractivity contribution in [1.82, 2.24) is 30.2 Å². The molecular formula is C42H49FN7O7PS. The Labute approximate surface area is 346 Å². The van der Waals surface area contributed by atoms with E-state index in [1.54, 1.807) is 53.7 Å². The molecule has 312 valence electrons. The first kappa shape index (κ1) is 40.8. The number of fused-ring (bicyclic) bond motifs is 2. The number of rotatable bonds is 14. The van der Waals surface area contributed by atoms with Gasteiger partial charge >= 0.3 is 13.5 Å². The summed E-state index contributed by atoms with van der Waals surface area (Å²) in [6.45, 7) is 6.48. The molecular weight excluding hydrogens is 797 g/mol. The predicted octanol–water partition coefficient (Wildman–Crippen LogP) is 6.34. The minimum absolute atomic E-state index is 0.0279. The highest BCUT2D eigenvalue weighted by Crippen LogP contribution is 2.58. The third-order valence-electron chi connectivity index (χ3n) is 11.7. The van der Waals surface area contributed by atoms with Crippen LogP contribution in [0.4, 0.5) is 10.2 Å². The number of nitrogens with one attached hydrogen (secondary N) is 2. The number of anilines is 1. The fourth-order valence-corrected chi connectivity index (χ4v) is 11.2. The molecule has 4 aliphatic heterocycles. The Kier molecular flexibility index (Phi) is 12.0. The van der Waals surface area contributed by atoms with Crippen LogP contribution in [0.15, 0.2) is 67.1 Å². The zero-order valence-electron chi connectivity index (χ0n) is 33.1. The molecule has 6 heterocycles. The number of amides is 3. The Morgan fingerprint density at radius 1 is 1.03 bits per heavy atom. The van der Waals surface area contributed by atoms with Crippen molar-refractivity contribution in [1.29, 1.82) is 0 Å². The summed E-state index contributed by atoms with van der Waals surface area (Å²) in [5.41, 5.74) is 1.08. The lowest BCUT2D eigenvalue weighted by Crippen LogP contribution is -2.58. The maximum absolute atomic E-state index is 16.5. The number of aromatic nitrogens is 2. The monoisotopic (exact) mass is 845 g/mol. The normalized spacial score (nSPS) is 22.7. The molecule has 4 fully saturated rings. The minimum Gasteiger partial charge on any atom is -0.465 e. The first-order valence-electron chi connectivity index (χ1n) is 20.5. The van der Waals surface area contributed by atoms with Crippen LogP contribution in [0.25, 0.3) is 10.1 Å². The number of hydrogen-bond donors (Lipinski definition) is 2. The van der Waals surface area contributed by atoms with Gasteiger partial charge in [-0.1, -0.05) is 31.2 Å². The van der Waals surface area contributed by atoms with Crippen LogP contribution >= 0.6 is 18.9 Å². The fraction of sp³-hybridized carbons (Fsp3) is 0.476. The molecule has 2 N–H and O–H groups in total. The summed E-state index contributed by atoms with van der Waals surface area (Å²) < 4.78 is 42.4. The lowest BCUT2D eigenvalue weighted by atomic mass is 9.91. The molecule has 14 nitrogen and oxygen atoms in total. The summed E-state index contributed by atoms with van der Waals surface area (Å²) in [5, 5.41) is 6.07. The van der Waals surface area contributed by atoms with Crippen LogP contribution in [0.3, 0.4) is 0 Å². The van der Waals surface area contributed by atoms with E-state index in [0.29, 0.717) is 47.3 Å². The topological polar surface area (TPSA) is 163 Å². The second-order valence-electron chi connectivity index (χ2n) is 15.8. The summed E-state index contributed by atoms with van der Waals surface area (Å²) in [7, 11) is -4.44. The van der Waals surface area contributed by atoms with Crippen molar-refractivity contribution >= 4 is 58.5 Å². The number of thiophene rings is 1. The number of nitrogens with zero attached hydrogens (tertiary/aromatic N) is 5. The summed E-state index contributed by atoms with van der Waals surface area (Å²) in [4.78, 5) is 69.4. The number of hydrogen-bond acceptors (Lipinski definition) is 11. The lowest BCUT2D eigenvalue weighted by molar-refractivity contribution is -0.148. The van der Waals surface area contributed by atoms with Crippen LogP contribution in [-0.2, 0) is 23.7 Å². The number of benzene rings is 2. The van der Waals surface area contributed by atoms with Gasteiger partial charge in [-0.15, -0.1) is 11.3 Å². The Balaban J connectivity index is 0.939. The Hall–Kier alpha value is -4.92. The van der Waals surface area contributed by atoms with Gasteiger partial charge in [0, 0.05) is 54.6 Å². The highest BCUT2D eigenvalue weighted by atomic mass is 32.1. The van der Waals surface area contributed by atoms with Crippen molar-refractivity contribution in [2.24, 2.45) is 0 Å². The van der Waals surface area contributed by atoms with Gasteiger partial charge in [0.05, 0.1) is 11.5 Å². The maximum Gasteiger partial charge on any atom is 0.355 e. The van der Waals surface area contributed by atoms with Crippen molar-refractivity contribution in [3.8, 4) is 5.75 Å². The molecule has 17 heteroatoms. The number of para-hydroxylation sites is 1. The highest BCUT2D eigenvalue weighted by Gasteiger charge is 2.48. The van der Waals surface area contributed by atoms with Crippen molar-refractivity contribution < 1.29 is 37.4 Å². The van der Waals surface area contributed by atoms with Gasteiger partial charge in [-0.05, 0) is 93.2 Å². The summed E-state index contributed by atoms with van der Waals surface area (Å²) in [6.07, 6.45) is 8.39. The van der Waals surface area contributed by atoms with Gasteiger partial charge in [-0.2, -0.15) is 0 Å². The molecule has 4 aromatic rings. The average Bonchev–Trinajstić information content (AvgIpc) is 3.79. The van der Waals surface area contributed by atoms with E-state index in [1.165, 1.54) is 30.4 Å².